The van der Waals surface area contributed by atoms with Gasteiger partial charge in [-0.05, 0) is 18.3 Å². The van der Waals surface area contributed by atoms with Crippen LogP contribution in [-0.2, 0) is 17.8 Å². The van der Waals surface area contributed by atoms with Gasteiger partial charge >= 0.3 is 0 Å². The summed E-state index contributed by atoms with van der Waals surface area (Å²) in [6.45, 7) is 8.72. The lowest BCUT2D eigenvalue weighted by atomic mass is 10.0. The van der Waals surface area contributed by atoms with Crippen LogP contribution >= 0.6 is 0 Å². The summed E-state index contributed by atoms with van der Waals surface area (Å²) >= 11 is 0. The maximum atomic E-state index is 5.77. The fourth-order valence-electron chi connectivity index (χ4n) is 2.30. The van der Waals surface area contributed by atoms with Crippen LogP contribution in [0.3, 0.4) is 0 Å². The molecule has 2 N–H and O–H groups in total. The van der Waals surface area contributed by atoms with Crippen LogP contribution in [0.15, 0.2) is 0 Å². The standard InChI is InChI=1S/C12H22N4O/c1-8(2)7-16-10(6-13)14-15-12(16)11-9(3)4-5-17-11/h8-9,11H,4-7,13H2,1-3H3. The van der Waals surface area contributed by atoms with E-state index >= 15 is 0 Å². The van der Waals surface area contributed by atoms with Crippen molar-refractivity contribution in [1.29, 1.82) is 0 Å². The van der Waals surface area contributed by atoms with E-state index in [9.17, 15) is 0 Å². The molecule has 0 saturated carbocycles. The number of hydrogen-bond donors (Lipinski definition) is 1. The lowest BCUT2D eigenvalue weighted by Crippen LogP contribution is -2.18. The Morgan fingerprint density at radius 1 is 1.47 bits per heavy atom. The fourth-order valence-corrected chi connectivity index (χ4v) is 2.30. The molecule has 1 fully saturated rings. The number of ether oxygens (including phenoxy) is 1. The molecule has 2 atom stereocenters. The Morgan fingerprint density at radius 2 is 2.24 bits per heavy atom. The van der Waals surface area contributed by atoms with Gasteiger partial charge in [-0.15, -0.1) is 10.2 Å². The zero-order chi connectivity index (χ0) is 12.4. The lowest BCUT2D eigenvalue weighted by molar-refractivity contribution is 0.0832. The first-order valence-electron chi connectivity index (χ1n) is 6.37. The highest BCUT2D eigenvalue weighted by molar-refractivity contribution is 5.02. The summed E-state index contributed by atoms with van der Waals surface area (Å²) in [5, 5.41) is 8.46. The minimum atomic E-state index is 0.0848. The second-order valence-electron chi connectivity index (χ2n) is 5.24. The van der Waals surface area contributed by atoms with Crippen molar-refractivity contribution >= 4 is 0 Å². The van der Waals surface area contributed by atoms with Crippen molar-refractivity contribution in [1.82, 2.24) is 14.8 Å². The van der Waals surface area contributed by atoms with Crippen molar-refractivity contribution in [3.63, 3.8) is 0 Å². The van der Waals surface area contributed by atoms with E-state index in [0.717, 1.165) is 31.2 Å². The third kappa shape index (κ3) is 2.50. The quantitative estimate of drug-likeness (QED) is 0.863. The number of nitrogens with two attached hydrogens (primary N) is 1. The maximum absolute atomic E-state index is 5.77. The number of aromatic nitrogens is 3. The van der Waals surface area contributed by atoms with Crippen molar-refractivity contribution in [2.24, 2.45) is 17.6 Å². The number of rotatable bonds is 4. The third-order valence-corrected chi connectivity index (χ3v) is 3.23. The molecule has 0 spiro atoms. The van der Waals surface area contributed by atoms with Crippen molar-refractivity contribution in [3.05, 3.63) is 11.6 Å². The molecule has 1 aliphatic heterocycles. The molecule has 0 aliphatic carbocycles. The Balaban J connectivity index is 2.29. The summed E-state index contributed by atoms with van der Waals surface area (Å²) in [5.41, 5.74) is 5.71. The summed E-state index contributed by atoms with van der Waals surface area (Å²) in [6.07, 6.45) is 1.18. The molecule has 2 rings (SSSR count). The van der Waals surface area contributed by atoms with Crippen LogP contribution in [0.5, 0.6) is 0 Å². The van der Waals surface area contributed by atoms with E-state index in [4.69, 9.17) is 10.5 Å². The highest BCUT2D eigenvalue weighted by atomic mass is 16.5. The fraction of sp³-hybridized carbons (Fsp3) is 0.833. The van der Waals surface area contributed by atoms with Crippen LogP contribution in [0.1, 0.15) is 44.9 Å². The Morgan fingerprint density at radius 3 is 2.76 bits per heavy atom. The average Bonchev–Trinajstić information content (AvgIpc) is 2.84. The van der Waals surface area contributed by atoms with E-state index in [1.807, 2.05) is 0 Å². The summed E-state index contributed by atoms with van der Waals surface area (Å²) in [5.74, 6) is 2.86. The Bertz CT molecular complexity index is 375. The van der Waals surface area contributed by atoms with Crippen LogP contribution in [0.25, 0.3) is 0 Å². The predicted octanol–water partition coefficient (Wildman–Crippen LogP) is 1.49. The minimum Gasteiger partial charge on any atom is -0.370 e. The Labute approximate surface area is 102 Å². The number of nitrogens with zero attached hydrogens (tertiary/aromatic N) is 3. The van der Waals surface area contributed by atoms with Crippen molar-refractivity contribution in [2.75, 3.05) is 6.61 Å². The van der Waals surface area contributed by atoms with E-state index in [1.54, 1.807) is 0 Å². The van der Waals surface area contributed by atoms with Crippen LogP contribution in [0, 0.1) is 11.8 Å². The lowest BCUT2D eigenvalue weighted by Gasteiger charge is -2.17. The van der Waals surface area contributed by atoms with E-state index < -0.39 is 0 Å². The molecular weight excluding hydrogens is 216 g/mol. The van der Waals surface area contributed by atoms with Gasteiger partial charge in [0, 0.05) is 13.2 Å². The van der Waals surface area contributed by atoms with Gasteiger partial charge in [0.2, 0.25) is 0 Å². The maximum Gasteiger partial charge on any atom is 0.162 e. The van der Waals surface area contributed by atoms with Crippen LogP contribution in [0.4, 0.5) is 0 Å². The topological polar surface area (TPSA) is 66.0 Å². The van der Waals surface area contributed by atoms with E-state index in [2.05, 4.69) is 35.5 Å². The predicted molar refractivity (Wildman–Crippen MR) is 65.2 cm³/mol. The largest absolute Gasteiger partial charge is 0.370 e. The Kier molecular flexibility index (Phi) is 3.79. The molecule has 0 aromatic carbocycles. The second kappa shape index (κ2) is 5.14. The molecule has 2 heterocycles. The third-order valence-electron chi connectivity index (χ3n) is 3.23. The molecule has 0 radical (unpaired) electrons. The first-order valence-corrected chi connectivity index (χ1v) is 6.37. The molecule has 1 aromatic heterocycles. The molecule has 1 aliphatic rings. The summed E-state index contributed by atoms with van der Waals surface area (Å²) in [7, 11) is 0. The SMILES string of the molecule is CC(C)Cn1c(CN)nnc1C1OCCC1C. The van der Waals surface area contributed by atoms with Gasteiger partial charge < -0.3 is 15.0 Å². The molecule has 1 saturated heterocycles. The number of hydrogen-bond acceptors (Lipinski definition) is 4. The van der Waals surface area contributed by atoms with Crippen molar-refractivity contribution < 1.29 is 4.74 Å². The molecular formula is C12H22N4O. The minimum absolute atomic E-state index is 0.0848. The average molecular weight is 238 g/mol. The summed E-state index contributed by atoms with van der Waals surface area (Å²) in [4.78, 5) is 0. The summed E-state index contributed by atoms with van der Waals surface area (Å²) in [6, 6.07) is 0. The molecule has 96 valence electrons. The van der Waals surface area contributed by atoms with Gasteiger partial charge in [0.15, 0.2) is 5.82 Å². The van der Waals surface area contributed by atoms with E-state index in [-0.39, 0.29) is 6.10 Å². The summed E-state index contributed by atoms with van der Waals surface area (Å²) < 4.78 is 7.90. The first kappa shape index (κ1) is 12.5. The van der Waals surface area contributed by atoms with Crippen LogP contribution in [-0.4, -0.2) is 21.4 Å². The van der Waals surface area contributed by atoms with Crippen LogP contribution < -0.4 is 5.73 Å². The van der Waals surface area contributed by atoms with Crippen LogP contribution in [0.2, 0.25) is 0 Å². The molecule has 5 heteroatoms. The van der Waals surface area contributed by atoms with Gasteiger partial charge in [-0.3, -0.25) is 0 Å². The van der Waals surface area contributed by atoms with E-state index in [1.165, 1.54) is 0 Å². The van der Waals surface area contributed by atoms with Gasteiger partial charge in [-0.25, -0.2) is 0 Å². The van der Waals surface area contributed by atoms with Gasteiger partial charge in [0.25, 0.3) is 0 Å². The highest BCUT2D eigenvalue weighted by Gasteiger charge is 2.31. The molecule has 0 bridgehead atoms. The van der Waals surface area contributed by atoms with Gasteiger partial charge in [-0.2, -0.15) is 0 Å². The molecule has 0 amide bonds. The first-order chi connectivity index (χ1) is 8.13. The molecule has 5 nitrogen and oxygen atoms in total. The highest BCUT2D eigenvalue weighted by Crippen LogP contribution is 2.33. The van der Waals surface area contributed by atoms with Crippen molar-refractivity contribution in [3.8, 4) is 0 Å². The zero-order valence-electron chi connectivity index (χ0n) is 10.9. The smallest absolute Gasteiger partial charge is 0.162 e. The zero-order valence-corrected chi connectivity index (χ0v) is 10.9. The van der Waals surface area contributed by atoms with Crippen molar-refractivity contribution in [2.45, 2.75) is 46.4 Å². The second-order valence-corrected chi connectivity index (χ2v) is 5.24. The molecule has 2 unspecified atom stereocenters. The normalized spacial score (nSPS) is 24.8. The monoisotopic (exact) mass is 238 g/mol. The van der Waals surface area contributed by atoms with E-state index in [0.29, 0.717) is 18.4 Å². The van der Waals surface area contributed by atoms with Gasteiger partial charge in [0.1, 0.15) is 11.9 Å². The molecule has 17 heavy (non-hydrogen) atoms. The van der Waals surface area contributed by atoms with Gasteiger partial charge in [-0.1, -0.05) is 20.8 Å². The molecule has 1 aromatic rings. The van der Waals surface area contributed by atoms with Gasteiger partial charge in [0.05, 0.1) is 6.54 Å². The Hall–Kier alpha value is -0.940.